The number of anilines is 2. The fourth-order valence-corrected chi connectivity index (χ4v) is 1.97. The van der Waals surface area contributed by atoms with Crippen LogP contribution in [-0.4, -0.2) is 15.6 Å². The summed E-state index contributed by atoms with van der Waals surface area (Å²) < 4.78 is -2.03. The zero-order valence-electron chi connectivity index (χ0n) is 11.9. The Bertz CT molecular complexity index is 683. The lowest BCUT2D eigenvalue weighted by molar-refractivity contribution is -0.116. The van der Waals surface area contributed by atoms with Gasteiger partial charge in [0.05, 0.1) is 6.42 Å². The van der Waals surface area contributed by atoms with Gasteiger partial charge in [-0.3, -0.25) is 9.59 Å². The number of hydrogen-bond acceptors (Lipinski definition) is 2. The molecule has 120 valence electrons. The van der Waals surface area contributed by atoms with Crippen molar-refractivity contribution in [1.29, 1.82) is 0 Å². The zero-order chi connectivity index (χ0) is 16.9. The Morgan fingerprint density at radius 1 is 0.826 bits per heavy atom. The number of carbonyl (C=O) groups is 2. The van der Waals surface area contributed by atoms with Crippen molar-refractivity contribution in [3.05, 3.63) is 60.2 Å². The molecule has 0 heterocycles. The van der Waals surface area contributed by atoms with Gasteiger partial charge in [0.1, 0.15) is 0 Å². The Hall–Kier alpha value is -1.75. The Kier molecular flexibility index (Phi) is 5.88. The largest absolute Gasteiger partial charge is 0.326 e. The lowest BCUT2D eigenvalue weighted by Crippen LogP contribution is -2.26. The molecule has 0 aliphatic carbocycles. The number of carbonyl (C=O) groups excluding carboxylic acids is 2. The zero-order valence-corrected chi connectivity index (χ0v) is 14.1. The van der Waals surface area contributed by atoms with E-state index in [1.807, 2.05) is 30.3 Å². The molecule has 2 amide bonds. The minimum Gasteiger partial charge on any atom is -0.326 e. The third kappa shape index (κ3) is 5.75. The summed E-state index contributed by atoms with van der Waals surface area (Å²) in [5.41, 5.74) is 2.00. The molecule has 2 rings (SSSR count). The maximum absolute atomic E-state index is 11.9. The molecule has 4 nitrogen and oxygen atoms in total. The molecule has 0 radical (unpaired) electrons. The molecule has 2 N–H and O–H groups in total. The quantitative estimate of drug-likeness (QED) is 0.792. The number of alkyl halides is 3. The van der Waals surface area contributed by atoms with Crippen LogP contribution >= 0.6 is 34.8 Å². The molecule has 2 aromatic carbocycles. The van der Waals surface area contributed by atoms with Crippen LogP contribution in [0.15, 0.2) is 54.6 Å². The number of rotatable bonds is 4. The number of nitrogens with one attached hydrogen (secondary N) is 2. The minimum atomic E-state index is -2.03. The standard InChI is InChI=1S/C16H13Cl3N2O2/c17-16(18,19)15(23)21-13-8-6-12(7-9-13)20-14(22)10-11-4-2-1-3-5-11/h1-9H,10H2,(H,20,22)(H,21,23). The van der Waals surface area contributed by atoms with Gasteiger partial charge in [-0.05, 0) is 29.8 Å². The van der Waals surface area contributed by atoms with Crippen molar-refractivity contribution in [2.45, 2.75) is 10.2 Å². The molecule has 0 aromatic heterocycles. The third-order valence-electron chi connectivity index (χ3n) is 2.89. The summed E-state index contributed by atoms with van der Waals surface area (Å²) in [6.07, 6.45) is 0.284. The first-order chi connectivity index (χ1) is 10.8. The molecule has 0 saturated carbocycles. The van der Waals surface area contributed by atoms with Crippen molar-refractivity contribution in [2.75, 3.05) is 10.6 Å². The van der Waals surface area contributed by atoms with Crippen LogP contribution in [0.25, 0.3) is 0 Å². The van der Waals surface area contributed by atoms with Gasteiger partial charge in [-0.25, -0.2) is 0 Å². The summed E-state index contributed by atoms with van der Waals surface area (Å²) >= 11 is 16.4. The van der Waals surface area contributed by atoms with Crippen LogP contribution in [0.1, 0.15) is 5.56 Å². The van der Waals surface area contributed by atoms with E-state index in [9.17, 15) is 9.59 Å². The fraction of sp³-hybridized carbons (Fsp3) is 0.125. The topological polar surface area (TPSA) is 58.2 Å². The van der Waals surface area contributed by atoms with E-state index in [1.54, 1.807) is 24.3 Å². The highest BCUT2D eigenvalue weighted by atomic mass is 35.6. The van der Waals surface area contributed by atoms with Gasteiger partial charge < -0.3 is 10.6 Å². The van der Waals surface area contributed by atoms with Gasteiger partial charge in [0.2, 0.25) is 5.91 Å². The number of benzene rings is 2. The normalized spacial score (nSPS) is 10.9. The maximum atomic E-state index is 11.9. The monoisotopic (exact) mass is 370 g/mol. The minimum absolute atomic E-state index is 0.130. The van der Waals surface area contributed by atoms with Crippen molar-refractivity contribution in [3.8, 4) is 0 Å². The maximum Gasteiger partial charge on any atom is 0.276 e. The lowest BCUT2D eigenvalue weighted by Gasteiger charge is -2.12. The third-order valence-corrected chi connectivity index (χ3v) is 3.41. The molecule has 0 aliphatic heterocycles. The van der Waals surface area contributed by atoms with Crippen molar-refractivity contribution >= 4 is 58.0 Å². The van der Waals surface area contributed by atoms with Crippen molar-refractivity contribution < 1.29 is 9.59 Å². The Morgan fingerprint density at radius 3 is 1.87 bits per heavy atom. The van der Waals surface area contributed by atoms with Gasteiger partial charge in [-0.2, -0.15) is 0 Å². The average molecular weight is 372 g/mol. The van der Waals surface area contributed by atoms with Crippen LogP contribution in [0.3, 0.4) is 0 Å². The fourth-order valence-electron chi connectivity index (χ4n) is 1.83. The van der Waals surface area contributed by atoms with E-state index in [-0.39, 0.29) is 12.3 Å². The summed E-state index contributed by atoms with van der Waals surface area (Å²) in [6.45, 7) is 0. The number of amides is 2. The van der Waals surface area contributed by atoms with E-state index in [0.29, 0.717) is 11.4 Å². The second kappa shape index (κ2) is 7.68. The van der Waals surface area contributed by atoms with E-state index in [1.165, 1.54) is 0 Å². The van der Waals surface area contributed by atoms with E-state index in [4.69, 9.17) is 34.8 Å². The highest BCUT2D eigenvalue weighted by Gasteiger charge is 2.30. The van der Waals surface area contributed by atoms with Gasteiger partial charge in [0.15, 0.2) is 0 Å². The molecule has 23 heavy (non-hydrogen) atoms. The van der Waals surface area contributed by atoms with Crippen molar-refractivity contribution in [1.82, 2.24) is 0 Å². The van der Waals surface area contributed by atoms with Gasteiger partial charge in [0, 0.05) is 11.4 Å². The van der Waals surface area contributed by atoms with E-state index < -0.39 is 9.70 Å². The summed E-state index contributed by atoms with van der Waals surface area (Å²) in [5, 5.41) is 5.23. The van der Waals surface area contributed by atoms with E-state index in [2.05, 4.69) is 10.6 Å². The molecule has 0 atom stereocenters. The smallest absolute Gasteiger partial charge is 0.276 e. The van der Waals surface area contributed by atoms with Crippen LogP contribution in [0.5, 0.6) is 0 Å². The summed E-state index contributed by atoms with van der Waals surface area (Å²) in [5.74, 6) is -0.877. The van der Waals surface area contributed by atoms with Crippen LogP contribution in [-0.2, 0) is 16.0 Å². The molecule has 7 heteroatoms. The average Bonchev–Trinajstić information content (AvgIpc) is 2.49. The van der Waals surface area contributed by atoms with Crippen molar-refractivity contribution in [2.24, 2.45) is 0 Å². The van der Waals surface area contributed by atoms with Crippen LogP contribution in [0.2, 0.25) is 0 Å². The van der Waals surface area contributed by atoms with Gasteiger partial charge in [-0.15, -0.1) is 0 Å². The first-order valence-corrected chi connectivity index (χ1v) is 7.80. The Morgan fingerprint density at radius 2 is 1.35 bits per heavy atom. The highest BCUT2D eigenvalue weighted by Crippen LogP contribution is 2.27. The Balaban J connectivity index is 1.92. The molecular weight excluding hydrogens is 359 g/mol. The second-order valence-corrected chi connectivity index (χ2v) is 7.02. The van der Waals surface area contributed by atoms with Crippen molar-refractivity contribution in [3.63, 3.8) is 0 Å². The molecule has 0 fully saturated rings. The Labute approximate surface area is 148 Å². The van der Waals surface area contributed by atoms with Crippen LogP contribution in [0.4, 0.5) is 11.4 Å². The molecule has 0 aliphatic rings. The lowest BCUT2D eigenvalue weighted by atomic mass is 10.1. The second-order valence-electron chi connectivity index (χ2n) is 4.74. The highest BCUT2D eigenvalue weighted by molar-refractivity contribution is 6.76. The molecule has 0 bridgehead atoms. The van der Waals surface area contributed by atoms with Gasteiger partial charge in [-0.1, -0.05) is 65.1 Å². The first kappa shape index (κ1) is 17.6. The van der Waals surface area contributed by atoms with Gasteiger partial charge in [0.25, 0.3) is 9.70 Å². The van der Waals surface area contributed by atoms with E-state index >= 15 is 0 Å². The molecule has 2 aromatic rings. The SMILES string of the molecule is O=C(Cc1ccccc1)Nc1ccc(NC(=O)C(Cl)(Cl)Cl)cc1. The molecular formula is C16H13Cl3N2O2. The summed E-state index contributed by atoms with van der Waals surface area (Å²) in [7, 11) is 0. The summed E-state index contributed by atoms with van der Waals surface area (Å²) in [4.78, 5) is 23.5. The summed E-state index contributed by atoms with van der Waals surface area (Å²) in [6, 6.07) is 15.9. The van der Waals surface area contributed by atoms with Crippen LogP contribution < -0.4 is 10.6 Å². The van der Waals surface area contributed by atoms with E-state index in [0.717, 1.165) is 5.56 Å². The predicted molar refractivity (Wildman–Crippen MR) is 94.1 cm³/mol. The van der Waals surface area contributed by atoms with Gasteiger partial charge >= 0.3 is 0 Å². The van der Waals surface area contributed by atoms with Crippen LogP contribution in [0, 0.1) is 0 Å². The first-order valence-electron chi connectivity index (χ1n) is 6.66. The number of halogens is 3. The molecule has 0 saturated heterocycles. The predicted octanol–water partition coefficient (Wildman–Crippen LogP) is 4.18. The molecule has 0 unspecified atom stereocenters. The number of hydrogen-bond donors (Lipinski definition) is 2. The molecule has 0 spiro atoms.